The summed E-state index contributed by atoms with van der Waals surface area (Å²) in [7, 11) is 0. The van der Waals surface area contributed by atoms with Crippen LogP contribution in [0.4, 0.5) is 10.5 Å². The highest BCUT2D eigenvalue weighted by Gasteiger charge is 2.34. The second-order valence-electron chi connectivity index (χ2n) is 4.45. The number of carboxylic acids is 1. The van der Waals surface area contributed by atoms with Crippen LogP contribution >= 0.6 is 0 Å². The van der Waals surface area contributed by atoms with Crippen LogP contribution in [0.25, 0.3) is 0 Å². The molecule has 0 saturated carbocycles. The van der Waals surface area contributed by atoms with E-state index < -0.39 is 18.2 Å². The highest BCUT2D eigenvalue weighted by molar-refractivity contribution is 5.92. The van der Waals surface area contributed by atoms with Crippen molar-refractivity contribution >= 4 is 17.7 Å². The number of aryl methyl sites for hydroxylation is 2. The third kappa shape index (κ3) is 2.30. The van der Waals surface area contributed by atoms with Crippen molar-refractivity contribution in [3.05, 3.63) is 29.3 Å². The van der Waals surface area contributed by atoms with Crippen molar-refractivity contribution in [1.82, 2.24) is 0 Å². The van der Waals surface area contributed by atoms with Gasteiger partial charge in [0.25, 0.3) is 0 Å². The lowest BCUT2D eigenvalue weighted by atomic mass is 10.1. The van der Waals surface area contributed by atoms with E-state index in [1.165, 1.54) is 4.90 Å². The molecule has 0 bridgehead atoms. The minimum atomic E-state index is -0.962. The highest BCUT2D eigenvalue weighted by Crippen LogP contribution is 2.29. The van der Waals surface area contributed by atoms with Gasteiger partial charge >= 0.3 is 12.1 Å². The van der Waals surface area contributed by atoms with Gasteiger partial charge in [-0.25, -0.2) is 4.79 Å². The van der Waals surface area contributed by atoms with Crippen LogP contribution in [0.15, 0.2) is 18.2 Å². The van der Waals surface area contributed by atoms with Crippen molar-refractivity contribution in [3.8, 4) is 0 Å². The number of cyclic esters (lactones) is 1. The summed E-state index contributed by atoms with van der Waals surface area (Å²) in [4.78, 5) is 23.9. The number of hydrogen-bond acceptors (Lipinski definition) is 3. The largest absolute Gasteiger partial charge is 0.481 e. The number of rotatable bonds is 3. The normalized spacial score (nSPS) is 18.9. The van der Waals surface area contributed by atoms with Crippen LogP contribution in [0.2, 0.25) is 0 Å². The van der Waals surface area contributed by atoms with Crippen LogP contribution in [0.5, 0.6) is 0 Å². The summed E-state index contributed by atoms with van der Waals surface area (Å²) in [5, 5.41) is 8.72. The molecule has 0 radical (unpaired) electrons. The van der Waals surface area contributed by atoms with Gasteiger partial charge in [0.1, 0.15) is 6.10 Å². The van der Waals surface area contributed by atoms with E-state index in [2.05, 4.69) is 0 Å². The predicted octanol–water partition coefficient (Wildman–Crippen LogP) is 2.10. The molecule has 5 nitrogen and oxygen atoms in total. The van der Waals surface area contributed by atoms with Gasteiger partial charge in [-0.05, 0) is 25.0 Å². The third-order valence-electron chi connectivity index (χ3n) is 2.99. The van der Waals surface area contributed by atoms with E-state index in [0.29, 0.717) is 0 Å². The molecule has 0 spiro atoms. The Labute approximate surface area is 105 Å². The molecule has 5 heteroatoms. The molecule has 18 heavy (non-hydrogen) atoms. The van der Waals surface area contributed by atoms with Crippen LogP contribution in [-0.4, -0.2) is 29.8 Å². The van der Waals surface area contributed by atoms with Gasteiger partial charge in [0.05, 0.1) is 18.7 Å². The van der Waals surface area contributed by atoms with Gasteiger partial charge in [-0.3, -0.25) is 9.69 Å². The number of carboxylic acid groups (broad SMARTS) is 1. The van der Waals surface area contributed by atoms with Crippen LogP contribution in [0, 0.1) is 13.8 Å². The Kier molecular flexibility index (Phi) is 3.23. The van der Waals surface area contributed by atoms with Crippen molar-refractivity contribution in [3.63, 3.8) is 0 Å². The maximum Gasteiger partial charge on any atom is 0.414 e. The Hall–Kier alpha value is -2.04. The molecule has 2 rings (SSSR count). The average molecular weight is 249 g/mol. The highest BCUT2D eigenvalue weighted by atomic mass is 16.6. The molecular formula is C13H15NO4. The van der Waals surface area contributed by atoms with Gasteiger partial charge < -0.3 is 9.84 Å². The second-order valence-corrected chi connectivity index (χ2v) is 4.45. The fraction of sp³-hybridized carbons (Fsp3) is 0.385. The Morgan fingerprint density at radius 3 is 2.61 bits per heavy atom. The molecule has 1 amide bonds. The van der Waals surface area contributed by atoms with Gasteiger partial charge in [0, 0.05) is 0 Å². The summed E-state index contributed by atoms with van der Waals surface area (Å²) in [6, 6.07) is 5.75. The number of nitrogens with zero attached hydrogens (tertiary/aromatic N) is 1. The lowest BCUT2D eigenvalue weighted by Gasteiger charge is -2.18. The zero-order chi connectivity index (χ0) is 13.3. The third-order valence-corrected chi connectivity index (χ3v) is 2.99. The number of ether oxygens (including phenoxy) is 1. The van der Waals surface area contributed by atoms with Crippen LogP contribution in [0.1, 0.15) is 17.5 Å². The molecule has 1 N–H and O–H groups in total. The minimum Gasteiger partial charge on any atom is -0.481 e. The molecule has 1 aliphatic rings. The Bertz CT molecular complexity index is 478. The molecule has 0 aromatic heterocycles. The van der Waals surface area contributed by atoms with Crippen molar-refractivity contribution < 1.29 is 19.4 Å². The van der Waals surface area contributed by atoms with Crippen molar-refractivity contribution in [1.29, 1.82) is 0 Å². The first-order chi connectivity index (χ1) is 8.49. The second kappa shape index (κ2) is 4.68. The van der Waals surface area contributed by atoms with Gasteiger partial charge in [-0.15, -0.1) is 0 Å². The molecule has 0 aliphatic carbocycles. The summed E-state index contributed by atoms with van der Waals surface area (Å²) in [6.07, 6.45) is -1.21. The summed E-state index contributed by atoms with van der Waals surface area (Å²) in [5.41, 5.74) is 2.77. The fourth-order valence-corrected chi connectivity index (χ4v) is 2.24. The number of benzene rings is 1. The first-order valence-electron chi connectivity index (χ1n) is 5.75. The lowest BCUT2D eigenvalue weighted by Crippen LogP contribution is -2.26. The molecule has 1 aromatic carbocycles. The molecule has 1 aromatic rings. The van der Waals surface area contributed by atoms with E-state index in [0.717, 1.165) is 16.8 Å². The number of carbonyl (C=O) groups excluding carboxylic acids is 1. The molecule has 1 unspecified atom stereocenters. The molecule has 1 saturated heterocycles. The topological polar surface area (TPSA) is 66.8 Å². The Balaban J connectivity index is 2.24. The molecule has 1 fully saturated rings. The van der Waals surface area contributed by atoms with E-state index in [9.17, 15) is 9.59 Å². The van der Waals surface area contributed by atoms with Gasteiger partial charge in [0.2, 0.25) is 0 Å². The first kappa shape index (κ1) is 12.4. The predicted molar refractivity (Wildman–Crippen MR) is 65.8 cm³/mol. The number of para-hydroxylation sites is 1. The number of anilines is 1. The van der Waals surface area contributed by atoms with Crippen LogP contribution in [-0.2, 0) is 9.53 Å². The smallest absolute Gasteiger partial charge is 0.414 e. The molecular weight excluding hydrogens is 234 g/mol. The Morgan fingerprint density at radius 1 is 1.44 bits per heavy atom. The number of carbonyl (C=O) groups is 2. The standard InChI is InChI=1S/C13H15NO4/c1-8-4-3-5-9(2)12(8)14-7-10(6-11(15)16)18-13(14)17/h3-5,10H,6-7H2,1-2H3,(H,15,16). The van der Waals surface area contributed by atoms with E-state index in [1.807, 2.05) is 32.0 Å². The van der Waals surface area contributed by atoms with E-state index in [4.69, 9.17) is 9.84 Å². The number of hydrogen-bond donors (Lipinski definition) is 1. The average Bonchev–Trinajstić information content (AvgIpc) is 2.58. The molecule has 1 atom stereocenters. The fourth-order valence-electron chi connectivity index (χ4n) is 2.24. The van der Waals surface area contributed by atoms with Gasteiger partial charge in [-0.2, -0.15) is 0 Å². The summed E-state index contributed by atoms with van der Waals surface area (Å²) in [5.74, 6) is -0.962. The minimum absolute atomic E-state index is 0.160. The van der Waals surface area contributed by atoms with Crippen molar-refractivity contribution in [2.45, 2.75) is 26.4 Å². The van der Waals surface area contributed by atoms with Gasteiger partial charge in [-0.1, -0.05) is 18.2 Å². The van der Waals surface area contributed by atoms with E-state index >= 15 is 0 Å². The molecule has 1 aliphatic heterocycles. The van der Waals surface area contributed by atoms with Crippen molar-refractivity contribution in [2.75, 3.05) is 11.4 Å². The van der Waals surface area contributed by atoms with E-state index in [1.54, 1.807) is 0 Å². The summed E-state index contributed by atoms with van der Waals surface area (Å²) < 4.78 is 5.06. The molecule has 96 valence electrons. The summed E-state index contributed by atoms with van der Waals surface area (Å²) in [6.45, 7) is 4.12. The van der Waals surface area contributed by atoms with E-state index in [-0.39, 0.29) is 13.0 Å². The first-order valence-corrected chi connectivity index (χ1v) is 5.75. The maximum absolute atomic E-state index is 11.8. The maximum atomic E-state index is 11.8. The van der Waals surface area contributed by atoms with Crippen LogP contribution in [0.3, 0.4) is 0 Å². The van der Waals surface area contributed by atoms with Gasteiger partial charge in [0.15, 0.2) is 0 Å². The quantitative estimate of drug-likeness (QED) is 0.890. The van der Waals surface area contributed by atoms with Crippen LogP contribution < -0.4 is 4.90 Å². The zero-order valence-electron chi connectivity index (χ0n) is 10.3. The monoisotopic (exact) mass is 249 g/mol. The number of aliphatic carboxylic acids is 1. The zero-order valence-corrected chi connectivity index (χ0v) is 10.3. The lowest BCUT2D eigenvalue weighted by molar-refractivity contribution is -0.138. The van der Waals surface area contributed by atoms with Crippen molar-refractivity contribution in [2.24, 2.45) is 0 Å². The SMILES string of the molecule is Cc1cccc(C)c1N1CC(CC(=O)O)OC1=O. The number of amides is 1. The molecule has 1 heterocycles. The summed E-state index contributed by atoms with van der Waals surface area (Å²) >= 11 is 0. The Morgan fingerprint density at radius 2 is 2.06 bits per heavy atom.